The van der Waals surface area contributed by atoms with Crippen molar-refractivity contribution in [1.29, 1.82) is 0 Å². The standard InChI is InChI=1S/C19H36O2/c1-3-20-18-16-14-12-10-8-6-5-7-9-11-13-15-17-19-21-4-2/h3-4H,1-2,5-19H2. The molecular weight excluding hydrogens is 260 g/mol. The molecule has 0 saturated heterocycles. The number of unbranched alkanes of at least 4 members (excludes halogenated alkanes) is 12. The molecule has 2 nitrogen and oxygen atoms in total. The molecule has 0 N–H and O–H groups in total. The molecule has 0 heterocycles. The Morgan fingerprint density at radius 3 is 0.905 bits per heavy atom. The molecular formula is C19H36O2. The van der Waals surface area contributed by atoms with Gasteiger partial charge in [0.15, 0.2) is 0 Å². The molecule has 0 aromatic rings. The smallest absolute Gasteiger partial charge is 0.0873 e. The average molecular weight is 296 g/mol. The highest BCUT2D eigenvalue weighted by Gasteiger charge is 1.94. The molecule has 0 bridgehead atoms. The lowest BCUT2D eigenvalue weighted by Crippen LogP contribution is -1.88. The summed E-state index contributed by atoms with van der Waals surface area (Å²) in [5, 5.41) is 0. The molecule has 2 heteroatoms. The fourth-order valence-electron chi connectivity index (χ4n) is 2.48. The van der Waals surface area contributed by atoms with E-state index in [1.165, 1.54) is 96.0 Å². The Labute approximate surface area is 132 Å². The van der Waals surface area contributed by atoms with Gasteiger partial charge < -0.3 is 9.47 Å². The molecule has 0 rings (SSSR count). The van der Waals surface area contributed by atoms with Gasteiger partial charge in [-0.25, -0.2) is 0 Å². The predicted molar refractivity (Wildman–Crippen MR) is 92.3 cm³/mol. The van der Waals surface area contributed by atoms with E-state index in [2.05, 4.69) is 13.2 Å². The molecule has 0 saturated carbocycles. The fraction of sp³-hybridized carbons (Fsp3) is 0.789. The van der Waals surface area contributed by atoms with E-state index in [1.807, 2.05) is 0 Å². The van der Waals surface area contributed by atoms with Crippen LogP contribution < -0.4 is 0 Å². The van der Waals surface area contributed by atoms with Crippen molar-refractivity contribution in [1.82, 2.24) is 0 Å². The van der Waals surface area contributed by atoms with E-state index in [0.717, 1.165) is 13.2 Å². The van der Waals surface area contributed by atoms with Gasteiger partial charge in [-0.3, -0.25) is 0 Å². The van der Waals surface area contributed by atoms with Gasteiger partial charge in [-0.15, -0.1) is 0 Å². The molecule has 0 aromatic heterocycles. The van der Waals surface area contributed by atoms with Crippen molar-refractivity contribution >= 4 is 0 Å². The van der Waals surface area contributed by atoms with E-state index in [9.17, 15) is 0 Å². The summed E-state index contributed by atoms with van der Waals surface area (Å²) in [6, 6.07) is 0. The Morgan fingerprint density at radius 2 is 0.667 bits per heavy atom. The van der Waals surface area contributed by atoms with Gasteiger partial charge in [-0.1, -0.05) is 83.8 Å². The Kier molecular flexibility index (Phi) is 18.2. The van der Waals surface area contributed by atoms with Crippen LogP contribution >= 0.6 is 0 Å². The summed E-state index contributed by atoms with van der Waals surface area (Å²) >= 11 is 0. The van der Waals surface area contributed by atoms with Crippen molar-refractivity contribution < 1.29 is 9.47 Å². The summed E-state index contributed by atoms with van der Waals surface area (Å²) in [5.41, 5.74) is 0. The molecule has 0 aliphatic carbocycles. The van der Waals surface area contributed by atoms with E-state index in [4.69, 9.17) is 9.47 Å². The SMILES string of the molecule is C=COCCCCCCCCCCCCCCCOC=C. The third kappa shape index (κ3) is 19.1. The molecule has 0 amide bonds. The van der Waals surface area contributed by atoms with Gasteiger partial charge in [-0.2, -0.15) is 0 Å². The molecule has 124 valence electrons. The lowest BCUT2D eigenvalue weighted by atomic mass is 10.0. The summed E-state index contributed by atoms with van der Waals surface area (Å²) in [5.74, 6) is 0. The average Bonchev–Trinajstić information content (AvgIpc) is 2.50. The maximum Gasteiger partial charge on any atom is 0.0873 e. The molecule has 0 aliphatic rings. The van der Waals surface area contributed by atoms with Crippen LogP contribution in [-0.2, 0) is 9.47 Å². The summed E-state index contributed by atoms with van der Waals surface area (Å²) in [6.07, 6.45) is 20.5. The second-order valence-electron chi connectivity index (χ2n) is 5.67. The van der Waals surface area contributed by atoms with E-state index in [1.54, 1.807) is 0 Å². The van der Waals surface area contributed by atoms with Crippen molar-refractivity contribution in [3.05, 3.63) is 25.7 Å². The Balaban J connectivity index is 2.93. The molecule has 21 heavy (non-hydrogen) atoms. The van der Waals surface area contributed by atoms with Gasteiger partial charge in [-0.05, 0) is 12.8 Å². The van der Waals surface area contributed by atoms with Gasteiger partial charge in [0, 0.05) is 0 Å². The zero-order valence-electron chi connectivity index (χ0n) is 14.0. The van der Waals surface area contributed by atoms with Crippen LogP contribution in [0.5, 0.6) is 0 Å². The van der Waals surface area contributed by atoms with Gasteiger partial charge >= 0.3 is 0 Å². The first-order valence-corrected chi connectivity index (χ1v) is 8.87. The maximum absolute atomic E-state index is 5.11. The molecule has 0 radical (unpaired) electrons. The minimum absolute atomic E-state index is 0.837. The lowest BCUT2D eigenvalue weighted by Gasteiger charge is -2.03. The van der Waals surface area contributed by atoms with Crippen molar-refractivity contribution in [2.24, 2.45) is 0 Å². The molecule has 0 atom stereocenters. The summed E-state index contributed by atoms with van der Waals surface area (Å²) in [4.78, 5) is 0. The number of hydrogen-bond donors (Lipinski definition) is 0. The first-order valence-electron chi connectivity index (χ1n) is 8.87. The lowest BCUT2D eigenvalue weighted by molar-refractivity contribution is 0.241. The van der Waals surface area contributed by atoms with E-state index >= 15 is 0 Å². The second kappa shape index (κ2) is 19.1. The first-order chi connectivity index (χ1) is 10.4. The van der Waals surface area contributed by atoms with Gasteiger partial charge in [0.25, 0.3) is 0 Å². The van der Waals surface area contributed by atoms with Gasteiger partial charge in [0.2, 0.25) is 0 Å². The van der Waals surface area contributed by atoms with E-state index in [-0.39, 0.29) is 0 Å². The van der Waals surface area contributed by atoms with E-state index < -0.39 is 0 Å². The highest BCUT2D eigenvalue weighted by atomic mass is 16.5. The van der Waals surface area contributed by atoms with Crippen molar-refractivity contribution in [2.75, 3.05) is 13.2 Å². The third-order valence-electron chi connectivity index (χ3n) is 3.76. The molecule has 0 unspecified atom stereocenters. The highest BCUT2D eigenvalue weighted by Crippen LogP contribution is 2.12. The zero-order valence-corrected chi connectivity index (χ0v) is 14.0. The quantitative estimate of drug-likeness (QED) is 0.216. The Bertz CT molecular complexity index is 192. The van der Waals surface area contributed by atoms with Crippen LogP contribution in [0.3, 0.4) is 0 Å². The Hall–Kier alpha value is -0.920. The summed E-state index contributed by atoms with van der Waals surface area (Å²) in [6.45, 7) is 8.75. The van der Waals surface area contributed by atoms with Gasteiger partial charge in [0.05, 0.1) is 25.7 Å². The monoisotopic (exact) mass is 296 g/mol. The van der Waals surface area contributed by atoms with Crippen LogP contribution in [0, 0.1) is 0 Å². The van der Waals surface area contributed by atoms with Crippen molar-refractivity contribution in [3.8, 4) is 0 Å². The number of hydrogen-bond acceptors (Lipinski definition) is 2. The second-order valence-corrected chi connectivity index (χ2v) is 5.67. The van der Waals surface area contributed by atoms with Gasteiger partial charge in [0.1, 0.15) is 0 Å². The molecule has 0 spiro atoms. The third-order valence-corrected chi connectivity index (χ3v) is 3.76. The zero-order chi connectivity index (χ0) is 15.4. The summed E-state index contributed by atoms with van der Waals surface area (Å²) in [7, 11) is 0. The van der Waals surface area contributed by atoms with Crippen molar-refractivity contribution in [3.63, 3.8) is 0 Å². The number of rotatable bonds is 18. The topological polar surface area (TPSA) is 18.5 Å². The molecule has 0 aliphatic heterocycles. The Morgan fingerprint density at radius 1 is 0.429 bits per heavy atom. The normalized spacial score (nSPS) is 10.3. The van der Waals surface area contributed by atoms with Crippen molar-refractivity contribution in [2.45, 2.75) is 83.5 Å². The van der Waals surface area contributed by atoms with Crippen LogP contribution in [0.1, 0.15) is 83.5 Å². The largest absolute Gasteiger partial charge is 0.502 e. The van der Waals surface area contributed by atoms with Crippen LogP contribution in [0.15, 0.2) is 25.7 Å². The molecule has 0 aromatic carbocycles. The van der Waals surface area contributed by atoms with Crippen LogP contribution in [0.2, 0.25) is 0 Å². The summed E-state index contributed by atoms with van der Waals surface area (Å²) < 4.78 is 10.2. The molecule has 0 fully saturated rings. The minimum Gasteiger partial charge on any atom is -0.502 e. The minimum atomic E-state index is 0.837. The van der Waals surface area contributed by atoms with Crippen LogP contribution in [-0.4, -0.2) is 13.2 Å². The predicted octanol–water partition coefficient (Wildman–Crippen LogP) is 6.38. The highest BCUT2D eigenvalue weighted by molar-refractivity contribution is 4.52. The number of ether oxygens (including phenoxy) is 2. The van der Waals surface area contributed by atoms with E-state index in [0.29, 0.717) is 0 Å². The fourth-order valence-corrected chi connectivity index (χ4v) is 2.48. The van der Waals surface area contributed by atoms with Crippen LogP contribution in [0.25, 0.3) is 0 Å². The maximum atomic E-state index is 5.11. The first kappa shape index (κ1) is 20.1. The van der Waals surface area contributed by atoms with Crippen LogP contribution in [0.4, 0.5) is 0 Å².